The molecule has 0 bridgehead atoms. The molecule has 8 nitrogen and oxygen atoms in total. The lowest BCUT2D eigenvalue weighted by Gasteiger charge is -2.16. The van der Waals surface area contributed by atoms with Crippen LogP contribution in [0.3, 0.4) is 0 Å². The standard InChI is InChI=1S/C16H15N7O/c1-10-14-13(23(20-10)12-5-3-2-4-6-12)8-7-11(15(14)24)9-17-16-18-21-22-19-16/h2-6,9H,7-8H2,1H3,(H2,17,18,19,21,22)/b11-9+. The molecule has 0 atom stereocenters. The number of benzene rings is 1. The number of rotatable bonds is 3. The van der Waals surface area contributed by atoms with Crippen LogP contribution in [0.15, 0.2) is 42.1 Å². The zero-order chi connectivity index (χ0) is 16.5. The molecule has 8 heteroatoms. The number of Topliss-reactive ketones (excluding diaryl/α,β-unsaturated/α-hetero) is 1. The van der Waals surface area contributed by atoms with Gasteiger partial charge in [0.1, 0.15) is 0 Å². The number of carbonyl (C=O) groups is 1. The summed E-state index contributed by atoms with van der Waals surface area (Å²) in [7, 11) is 0. The number of aromatic amines is 1. The third-order valence-corrected chi connectivity index (χ3v) is 4.03. The van der Waals surface area contributed by atoms with Crippen molar-refractivity contribution in [1.29, 1.82) is 0 Å². The molecule has 0 amide bonds. The number of aromatic nitrogens is 6. The van der Waals surface area contributed by atoms with Gasteiger partial charge in [-0.05, 0) is 37.1 Å². The highest BCUT2D eigenvalue weighted by molar-refractivity contribution is 6.11. The van der Waals surface area contributed by atoms with E-state index in [1.807, 2.05) is 41.9 Å². The van der Waals surface area contributed by atoms with Gasteiger partial charge in [0, 0.05) is 11.8 Å². The molecule has 0 spiro atoms. The highest BCUT2D eigenvalue weighted by atomic mass is 16.1. The third kappa shape index (κ3) is 2.37. The number of hydrogen-bond donors (Lipinski definition) is 2. The molecule has 4 rings (SSSR count). The maximum absolute atomic E-state index is 12.8. The summed E-state index contributed by atoms with van der Waals surface area (Å²) < 4.78 is 1.87. The fraction of sp³-hybridized carbons (Fsp3) is 0.188. The molecule has 0 aliphatic heterocycles. The summed E-state index contributed by atoms with van der Waals surface area (Å²) in [4.78, 5) is 12.8. The second kappa shape index (κ2) is 5.73. The average Bonchev–Trinajstić information content (AvgIpc) is 3.23. The Kier molecular flexibility index (Phi) is 3.42. The van der Waals surface area contributed by atoms with Gasteiger partial charge < -0.3 is 5.32 Å². The highest BCUT2D eigenvalue weighted by Crippen LogP contribution is 2.29. The van der Waals surface area contributed by atoms with Crippen molar-refractivity contribution in [2.45, 2.75) is 19.8 Å². The number of nitrogens with one attached hydrogen (secondary N) is 2. The smallest absolute Gasteiger partial charge is 0.267 e. The number of nitrogens with zero attached hydrogens (tertiary/aromatic N) is 5. The number of allylic oxidation sites excluding steroid dienone is 1. The largest absolute Gasteiger partial charge is 0.328 e. The van der Waals surface area contributed by atoms with Crippen molar-refractivity contribution in [2.24, 2.45) is 0 Å². The number of tetrazole rings is 1. The molecular formula is C16H15N7O. The summed E-state index contributed by atoms with van der Waals surface area (Å²) in [6.07, 6.45) is 3.03. The minimum atomic E-state index is -0.00748. The van der Waals surface area contributed by atoms with Gasteiger partial charge in [0.2, 0.25) is 0 Å². The molecule has 1 aromatic carbocycles. The normalized spacial score (nSPS) is 15.5. The van der Waals surface area contributed by atoms with E-state index in [2.05, 4.69) is 31.0 Å². The first-order valence-electron chi connectivity index (χ1n) is 7.61. The summed E-state index contributed by atoms with van der Waals surface area (Å²) in [6, 6.07) is 9.86. The SMILES string of the molecule is Cc1nn(-c2ccccc2)c2c1C(=O)/C(=C/Nc1nn[nH]n1)CC2. The van der Waals surface area contributed by atoms with E-state index in [0.29, 0.717) is 23.5 Å². The van der Waals surface area contributed by atoms with Crippen LogP contribution in [0.5, 0.6) is 0 Å². The zero-order valence-electron chi connectivity index (χ0n) is 13.0. The lowest BCUT2D eigenvalue weighted by molar-refractivity contribution is 0.102. The van der Waals surface area contributed by atoms with Crippen molar-refractivity contribution in [3.8, 4) is 5.69 Å². The van der Waals surface area contributed by atoms with Gasteiger partial charge in [0.15, 0.2) is 5.78 Å². The Hall–Kier alpha value is -3.29. The van der Waals surface area contributed by atoms with Gasteiger partial charge in [-0.2, -0.15) is 10.3 Å². The van der Waals surface area contributed by atoms with E-state index in [1.54, 1.807) is 6.20 Å². The lowest BCUT2D eigenvalue weighted by Crippen LogP contribution is -2.17. The van der Waals surface area contributed by atoms with Gasteiger partial charge in [0.25, 0.3) is 5.95 Å². The van der Waals surface area contributed by atoms with Crippen LogP contribution >= 0.6 is 0 Å². The van der Waals surface area contributed by atoms with Crippen LogP contribution in [-0.2, 0) is 6.42 Å². The summed E-state index contributed by atoms with van der Waals surface area (Å²) in [5, 5.41) is 20.9. The number of aryl methyl sites for hydroxylation is 1. The number of hydrogen-bond acceptors (Lipinski definition) is 6. The van der Waals surface area contributed by atoms with E-state index in [-0.39, 0.29) is 5.78 Å². The lowest BCUT2D eigenvalue weighted by atomic mass is 9.90. The molecule has 0 radical (unpaired) electrons. The minimum absolute atomic E-state index is 0.00748. The van der Waals surface area contributed by atoms with Crippen LogP contribution in [-0.4, -0.2) is 36.2 Å². The Labute approximate surface area is 137 Å². The van der Waals surface area contributed by atoms with Crippen molar-refractivity contribution in [2.75, 3.05) is 5.32 Å². The van der Waals surface area contributed by atoms with Crippen LogP contribution in [0, 0.1) is 6.92 Å². The van der Waals surface area contributed by atoms with Crippen molar-refractivity contribution in [1.82, 2.24) is 30.4 Å². The molecule has 24 heavy (non-hydrogen) atoms. The highest BCUT2D eigenvalue weighted by Gasteiger charge is 2.29. The molecular weight excluding hydrogens is 306 g/mol. The minimum Gasteiger partial charge on any atom is -0.328 e. The Morgan fingerprint density at radius 3 is 2.83 bits per heavy atom. The summed E-state index contributed by atoms with van der Waals surface area (Å²) in [6.45, 7) is 1.87. The molecule has 120 valence electrons. The fourth-order valence-corrected chi connectivity index (χ4v) is 2.92. The molecule has 2 heterocycles. The molecule has 2 N–H and O–H groups in total. The van der Waals surface area contributed by atoms with Gasteiger partial charge in [-0.3, -0.25) is 4.79 Å². The van der Waals surface area contributed by atoms with E-state index < -0.39 is 0 Å². The average molecular weight is 321 g/mol. The van der Waals surface area contributed by atoms with Crippen LogP contribution in [0.25, 0.3) is 5.69 Å². The van der Waals surface area contributed by atoms with E-state index >= 15 is 0 Å². The Bertz CT molecular complexity index is 910. The molecule has 1 aliphatic rings. The molecule has 3 aromatic rings. The maximum atomic E-state index is 12.8. The van der Waals surface area contributed by atoms with Gasteiger partial charge in [0.05, 0.1) is 22.6 Å². The number of ketones is 1. The van der Waals surface area contributed by atoms with Gasteiger partial charge in [-0.1, -0.05) is 23.3 Å². The summed E-state index contributed by atoms with van der Waals surface area (Å²) in [5.74, 6) is 0.324. The van der Waals surface area contributed by atoms with E-state index in [1.165, 1.54) is 0 Å². The van der Waals surface area contributed by atoms with E-state index in [9.17, 15) is 4.79 Å². The first kappa shape index (κ1) is 14.3. The van der Waals surface area contributed by atoms with E-state index in [0.717, 1.165) is 23.5 Å². The van der Waals surface area contributed by atoms with Crippen LogP contribution in [0.1, 0.15) is 28.2 Å². The Morgan fingerprint density at radius 1 is 1.25 bits per heavy atom. The molecule has 0 fully saturated rings. The second-order valence-corrected chi connectivity index (χ2v) is 5.53. The van der Waals surface area contributed by atoms with Crippen molar-refractivity contribution in [3.05, 3.63) is 59.1 Å². The van der Waals surface area contributed by atoms with Gasteiger partial charge in [-0.15, -0.1) is 5.10 Å². The molecule has 2 aromatic heterocycles. The number of fused-ring (bicyclic) bond motifs is 1. The second-order valence-electron chi connectivity index (χ2n) is 5.53. The monoisotopic (exact) mass is 321 g/mol. The van der Waals surface area contributed by atoms with Gasteiger partial charge in [-0.25, -0.2) is 4.68 Å². The Morgan fingerprint density at radius 2 is 2.08 bits per heavy atom. The molecule has 0 saturated heterocycles. The predicted octanol–water partition coefficient (Wildman–Crippen LogP) is 1.82. The number of para-hydroxylation sites is 1. The molecule has 0 saturated carbocycles. The van der Waals surface area contributed by atoms with Gasteiger partial charge >= 0.3 is 0 Å². The van der Waals surface area contributed by atoms with Crippen molar-refractivity contribution >= 4 is 11.7 Å². The fourth-order valence-electron chi connectivity index (χ4n) is 2.92. The topological polar surface area (TPSA) is 101 Å². The number of anilines is 1. The third-order valence-electron chi connectivity index (χ3n) is 4.03. The first-order valence-corrected chi connectivity index (χ1v) is 7.61. The first-order chi connectivity index (χ1) is 11.7. The predicted molar refractivity (Wildman–Crippen MR) is 86.8 cm³/mol. The van der Waals surface area contributed by atoms with Crippen LogP contribution in [0.4, 0.5) is 5.95 Å². The van der Waals surface area contributed by atoms with Crippen LogP contribution in [0.2, 0.25) is 0 Å². The summed E-state index contributed by atoms with van der Waals surface area (Å²) in [5.41, 5.74) is 4.03. The van der Waals surface area contributed by atoms with Crippen molar-refractivity contribution < 1.29 is 4.79 Å². The molecule has 1 aliphatic carbocycles. The zero-order valence-corrected chi connectivity index (χ0v) is 13.0. The van der Waals surface area contributed by atoms with E-state index in [4.69, 9.17) is 0 Å². The molecule has 0 unspecified atom stereocenters. The van der Waals surface area contributed by atoms with Crippen molar-refractivity contribution in [3.63, 3.8) is 0 Å². The number of carbonyl (C=O) groups excluding carboxylic acids is 1. The Balaban J connectivity index is 1.69. The summed E-state index contributed by atoms with van der Waals surface area (Å²) >= 11 is 0. The maximum Gasteiger partial charge on any atom is 0.267 e. The van der Waals surface area contributed by atoms with Crippen LogP contribution < -0.4 is 5.32 Å². The number of H-pyrrole nitrogens is 1. The quantitative estimate of drug-likeness (QED) is 0.714.